The first-order valence-corrected chi connectivity index (χ1v) is 11.3. The lowest BCUT2D eigenvalue weighted by Crippen LogP contribution is -2.49. The van der Waals surface area contributed by atoms with E-state index in [9.17, 15) is 8.42 Å². The van der Waals surface area contributed by atoms with Crippen molar-refractivity contribution >= 4 is 10.0 Å². The molecule has 2 heterocycles. The summed E-state index contributed by atoms with van der Waals surface area (Å²) >= 11 is 0. The van der Waals surface area contributed by atoms with E-state index >= 15 is 0 Å². The van der Waals surface area contributed by atoms with Crippen molar-refractivity contribution in [3.63, 3.8) is 0 Å². The fourth-order valence-corrected chi connectivity index (χ4v) is 5.02. The van der Waals surface area contributed by atoms with Gasteiger partial charge in [-0.3, -0.25) is 4.90 Å². The maximum Gasteiger partial charge on any atom is 0.243 e. The van der Waals surface area contributed by atoms with Crippen LogP contribution in [0.5, 0.6) is 11.5 Å². The summed E-state index contributed by atoms with van der Waals surface area (Å²) in [6.45, 7) is 8.36. The van der Waals surface area contributed by atoms with Crippen LogP contribution in [-0.4, -0.2) is 74.1 Å². The minimum atomic E-state index is -3.56. The van der Waals surface area contributed by atoms with Crippen LogP contribution >= 0.6 is 0 Å². The first-order chi connectivity index (χ1) is 13.9. The van der Waals surface area contributed by atoms with Crippen LogP contribution in [0.4, 0.5) is 0 Å². The van der Waals surface area contributed by atoms with Gasteiger partial charge in [-0.05, 0) is 12.1 Å². The van der Waals surface area contributed by atoms with Gasteiger partial charge in [-0.2, -0.15) is 4.31 Å². The standard InChI is InChI=1S/C20H30N4O4S/c1-16(2)20-21-7-8-23(20)12-9-22-10-13-24(14-11-22)29(25,26)17-5-6-18(27-3)19(15-17)28-4/h5-8,15-16H,9-14H2,1-4H3. The number of piperazine rings is 1. The lowest BCUT2D eigenvalue weighted by atomic mass is 10.2. The number of hydrogen-bond donors (Lipinski definition) is 0. The van der Waals surface area contributed by atoms with E-state index in [4.69, 9.17) is 9.47 Å². The molecule has 0 N–H and O–H groups in total. The minimum absolute atomic E-state index is 0.226. The quantitative estimate of drug-likeness (QED) is 0.648. The number of methoxy groups -OCH3 is 2. The van der Waals surface area contributed by atoms with Crippen LogP contribution in [0.15, 0.2) is 35.5 Å². The molecule has 1 fully saturated rings. The van der Waals surface area contributed by atoms with Gasteiger partial charge in [-0.15, -0.1) is 0 Å². The molecule has 8 nitrogen and oxygen atoms in total. The van der Waals surface area contributed by atoms with E-state index in [0.717, 1.165) is 18.9 Å². The summed E-state index contributed by atoms with van der Waals surface area (Å²) in [6.07, 6.45) is 3.84. The Labute approximate surface area is 173 Å². The highest BCUT2D eigenvalue weighted by atomic mass is 32.2. The summed E-state index contributed by atoms with van der Waals surface area (Å²) in [6, 6.07) is 4.71. The van der Waals surface area contributed by atoms with Gasteiger partial charge in [0.25, 0.3) is 0 Å². The van der Waals surface area contributed by atoms with E-state index in [-0.39, 0.29) is 4.90 Å². The van der Waals surface area contributed by atoms with Crippen molar-refractivity contribution in [1.29, 1.82) is 0 Å². The molecule has 2 aromatic rings. The van der Waals surface area contributed by atoms with E-state index in [1.807, 2.05) is 12.4 Å². The molecule has 160 valence electrons. The molecule has 0 amide bonds. The normalized spacial score (nSPS) is 16.3. The van der Waals surface area contributed by atoms with E-state index in [1.54, 1.807) is 16.4 Å². The van der Waals surface area contributed by atoms with Crippen molar-refractivity contribution in [1.82, 2.24) is 18.8 Å². The lowest BCUT2D eigenvalue weighted by molar-refractivity contribution is 0.182. The van der Waals surface area contributed by atoms with Crippen molar-refractivity contribution in [3.05, 3.63) is 36.4 Å². The van der Waals surface area contributed by atoms with E-state index in [2.05, 4.69) is 28.3 Å². The highest BCUT2D eigenvalue weighted by Crippen LogP contribution is 2.30. The molecule has 9 heteroatoms. The molecule has 1 aromatic carbocycles. The van der Waals surface area contributed by atoms with Crippen LogP contribution in [0.2, 0.25) is 0 Å². The Morgan fingerprint density at radius 1 is 1.03 bits per heavy atom. The van der Waals surface area contributed by atoms with E-state index < -0.39 is 10.0 Å². The molecule has 0 radical (unpaired) electrons. The van der Waals surface area contributed by atoms with Crippen molar-refractivity contribution in [2.45, 2.75) is 31.2 Å². The number of aromatic nitrogens is 2. The van der Waals surface area contributed by atoms with Gasteiger partial charge in [0.2, 0.25) is 10.0 Å². The molecule has 0 aliphatic carbocycles. The second-order valence-corrected chi connectivity index (χ2v) is 9.33. The number of nitrogens with zero attached hydrogens (tertiary/aromatic N) is 4. The summed E-state index contributed by atoms with van der Waals surface area (Å²) in [7, 11) is -0.538. The predicted molar refractivity (Wildman–Crippen MR) is 111 cm³/mol. The SMILES string of the molecule is COc1ccc(S(=O)(=O)N2CCN(CCn3ccnc3C(C)C)CC2)cc1OC. The average molecular weight is 423 g/mol. The molecule has 1 aromatic heterocycles. The van der Waals surface area contributed by atoms with Gasteiger partial charge in [0.15, 0.2) is 11.5 Å². The maximum absolute atomic E-state index is 13.0. The van der Waals surface area contributed by atoms with Crippen molar-refractivity contribution in [2.24, 2.45) is 0 Å². The molecule has 29 heavy (non-hydrogen) atoms. The Balaban J connectivity index is 1.60. The Kier molecular flexibility index (Phi) is 6.81. The van der Waals surface area contributed by atoms with Crippen molar-refractivity contribution < 1.29 is 17.9 Å². The van der Waals surface area contributed by atoms with Gasteiger partial charge in [0, 0.05) is 63.6 Å². The summed E-state index contributed by atoms with van der Waals surface area (Å²) in [5.41, 5.74) is 0. The Bertz CT molecular complexity index is 918. The summed E-state index contributed by atoms with van der Waals surface area (Å²) in [4.78, 5) is 6.94. The zero-order valence-electron chi connectivity index (χ0n) is 17.5. The maximum atomic E-state index is 13.0. The van der Waals surface area contributed by atoms with Crippen LogP contribution in [-0.2, 0) is 16.6 Å². The highest BCUT2D eigenvalue weighted by molar-refractivity contribution is 7.89. The average Bonchev–Trinajstić information content (AvgIpc) is 3.21. The molecule has 1 aliphatic rings. The van der Waals surface area contributed by atoms with Crippen LogP contribution in [0, 0.1) is 0 Å². The zero-order valence-corrected chi connectivity index (χ0v) is 18.4. The third kappa shape index (κ3) is 4.73. The fraction of sp³-hybridized carbons (Fsp3) is 0.550. The van der Waals surface area contributed by atoms with Crippen molar-refractivity contribution in [2.75, 3.05) is 46.9 Å². The summed E-state index contributed by atoms with van der Waals surface area (Å²) in [5.74, 6) is 2.39. The summed E-state index contributed by atoms with van der Waals surface area (Å²) < 4.78 is 40.2. The Morgan fingerprint density at radius 2 is 1.72 bits per heavy atom. The van der Waals surface area contributed by atoms with Gasteiger partial charge in [0.05, 0.1) is 19.1 Å². The van der Waals surface area contributed by atoms with Gasteiger partial charge < -0.3 is 14.0 Å². The molecular weight excluding hydrogens is 392 g/mol. The Morgan fingerprint density at radius 3 is 2.34 bits per heavy atom. The third-order valence-corrected chi connectivity index (χ3v) is 7.14. The molecular formula is C20H30N4O4S. The highest BCUT2D eigenvalue weighted by Gasteiger charge is 2.29. The summed E-state index contributed by atoms with van der Waals surface area (Å²) in [5, 5.41) is 0. The minimum Gasteiger partial charge on any atom is -0.493 e. The number of benzene rings is 1. The predicted octanol–water partition coefficient (Wildman–Crippen LogP) is 2.03. The molecule has 1 aliphatic heterocycles. The van der Waals surface area contributed by atoms with Gasteiger partial charge >= 0.3 is 0 Å². The van der Waals surface area contributed by atoms with Gasteiger partial charge in [-0.25, -0.2) is 13.4 Å². The number of ether oxygens (including phenoxy) is 2. The van der Waals surface area contributed by atoms with Crippen molar-refractivity contribution in [3.8, 4) is 11.5 Å². The van der Waals surface area contributed by atoms with Gasteiger partial charge in [0.1, 0.15) is 5.82 Å². The van der Waals surface area contributed by atoms with E-state index in [0.29, 0.717) is 43.6 Å². The topological polar surface area (TPSA) is 76.9 Å². The fourth-order valence-electron chi connectivity index (χ4n) is 3.58. The number of sulfonamides is 1. The van der Waals surface area contributed by atoms with Crippen LogP contribution in [0.25, 0.3) is 0 Å². The molecule has 0 unspecified atom stereocenters. The van der Waals surface area contributed by atoms with Gasteiger partial charge in [-0.1, -0.05) is 13.8 Å². The molecule has 0 bridgehead atoms. The molecule has 0 saturated carbocycles. The number of imidazole rings is 1. The second-order valence-electron chi connectivity index (χ2n) is 7.40. The zero-order chi connectivity index (χ0) is 21.0. The molecule has 0 atom stereocenters. The first kappa shape index (κ1) is 21.6. The van der Waals surface area contributed by atoms with Crippen LogP contribution < -0.4 is 9.47 Å². The third-order valence-electron chi connectivity index (χ3n) is 5.25. The second kappa shape index (κ2) is 9.15. The number of hydrogen-bond acceptors (Lipinski definition) is 6. The molecule has 0 spiro atoms. The first-order valence-electron chi connectivity index (χ1n) is 9.82. The van der Waals surface area contributed by atoms with Crippen LogP contribution in [0.1, 0.15) is 25.6 Å². The number of rotatable bonds is 8. The largest absolute Gasteiger partial charge is 0.493 e. The monoisotopic (exact) mass is 422 g/mol. The molecule has 3 rings (SSSR count). The molecule has 1 saturated heterocycles. The smallest absolute Gasteiger partial charge is 0.243 e. The van der Waals surface area contributed by atoms with Crippen LogP contribution in [0.3, 0.4) is 0 Å². The lowest BCUT2D eigenvalue weighted by Gasteiger charge is -2.34. The Hall–Kier alpha value is -2.10. The van der Waals surface area contributed by atoms with E-state index in [1.165, 1.54) is 20.3 Å².